The van der Waals surface area contributed by atoms with Crippen LogP contribution in [0.3, 0.4) is 0 Å². The highest BCUT2D eigenvalue weighted by Gasteiger charge is 2.28. The van der Waals surface area contributed by atoms with Gasteiger partial charge in [-0.15, -0.1) is 0 Å². The van der Waals surface area contributed by atoms with Gasteiger partial charge in [-0.05, 0) is 25.8 Å². The summed E-state index contributed by atoms with van der Waals surface area (Å²) in [6.07, 6.45) is 1.75. The lowest BCUT2D eigenvalue weighted by Gasteiger charge is -2.32. The molecule has 116 valence electrons. The molecule has 0 aromatic heterocycles. The number of hydrogen-bond donors (Lipinski definition) is 3. The van der Waals surface area contributed by atoms with Gasteiger partial charge in [0.25, 0.3) is 0 Å². The fourth-order valence-corrected chi connectivity index (χ4v) is 2.23. The fourth-order valence-electron chi connectivity index (χ4n) is 2.23. The van der Waals surface area contributed by atoms with Crippen LogP contribution in [0.1, 0.15) is 26.7 Å². The quantitative estimate of drug-likeness (QED) is 0.618. The van der Waals surface area contributed by atoms with Gasteiger partial charge in [0, 0.05) is 32.7 Å². The van der Waals surface area contributed by atoms with Crippen LogP contribution in [0.2, 0.25) is 0 Å². The summed E-state index contributed by atoms with van der Waals surface area (Å²) in [6, 6.07) is -0.0496. The highest BCUT2D eigenvalue weighted by atomic mass is 16.2. The van der Waals surface area contributed by atoms with Crippen molar-refractivity contribution < 1.29 is 9.59 Å². The van der Waals surface area contributed by atoms with E-state index in [2.05, 4.69) is 29.8 Å². The van der Waals surface area contributed by atoms with Gasteiger partial charge in [-0.2, -0.15) is 0 Å². The molecule has 3 amide bonds. The molecule has 6 nitrogen and oxygen atoms in total. The highest BCUT2D eigenvalue weighted by molar-refractivity contribution is 5.80. The summed E-state index contributed by atoms with van der Waals surface area (Å²) in [7, 11) is 1.85. The Morgan fingerprint density at radius 3 is 2.65 bits per heavy atom. The summed E-state index contributed by atoms with van der Waals surface area (Å²) in [5.41, 5.74) is 0. The molecule has 0 aromatic rings. The van der Waals surface area contributed by atoms with Gasteiger partial charge in [-0.1, -0.05) is 13.8 Å². The molecule has 1 saturated heterocycles. The molecule has 1 fully saturated rings. The molecule has 1 rings (SSSR count). The van der Waals surface area contributed by atoms with Gasteiger partial charge >= 0.3 is 6.03 Å². The molecule has 1 aliphatic heterocycles. The molecule has 0 aliphatic carbocycles. The Bertz CT molecular complexity index is 320. The zero-order chi connectivity index (χ0) is 15.0. The topological polar surface area (TPSA) is 73.5 Å². The maximum Gasteiger partial charge on any atom is 0.317 e. The van der Waals surface area contributed by atoms with E-state index in [1.807, 2.05) is 7.05 Å². The van der Waals surface area contributed by atoms with Crippen molar-refractivity contribution in [2.24, 2.45) is 11.8 Å². The maximum absolute atomic E-state index is 12.0. The zero-order valence-electron chi connectivity index (χ0n) is 12.9. The van der Waals surface area contributed by atoms with Crippen LogP contribution >= 0.6 is 0 Å². The van der Waals surface area contributed by atoms with Crippen LogP contribution in [-0.2, 0) is 4.79 Å². The molecule has 0 radical (unpaired) electrons. The molecule has 0 aromatic carbocycles. The number of likely N-dealkylation sites (tertiary alicyclic amines) is 1. The van der Waals surface area contributed by atoms with Crippen molar-refractivity contribution in [1.29, 1.82) is 0 Å². The van der Waals surface area contributed by atoms with Gasteiger partial charge < -0.3 is 20.9 Å². The van der Waals surface area contributed by atoms with E-state index >= 15 is 0 Å². The van der Waals surface area contributed by atoms with Crippen molar-refractivity contribution in [2.75, 3.05) is 39.8 Å². The van der Waals surface area contributed by atoms with Crippen LogP contribution in [0.4, 0.5) is 4.79 Å². The SMILES string of the molecule is CNCCNC(=O)C1CCCN(C(=O)NCC(C)C)C1. The summed E-state index contributed by atoms with van der Waals surface area (Å²) in [6.45, 7) is 7.46. The molecule has 0 spiro atoms. The zero-order valence-corrected chi connectivity index (χ0v) is 12.9. The van der Waals surface area contributed by atoms with E-state index in [0.717, 1.165) is 25.9 Å². The van der Waals surface area contributed by atoms with Crippen LogP contribution < -0.4 is 16.0 Å². The second-order valence-electron chi connectivity index (χ2n) is 5.76. The smallest absolute Gasteiger partial charge is 0.317 e. The Kier molecular flexibility index (Phi) is 7.36. The summed E-state index contributed by atoms with van der Waals surface area (Å²) in [5, 5.41) is 8.80. The summed E-state index contributed by atoms with van der Waals surface area (Å²) in [4.78, 5) is 25.8. The van der Waals surface area contributed by atoms with Gasteiger partial charge in [-0.25, -0.2) is 4.79 Å². The Balaban J connectivity index is 2.37. The number of nitrogens with one attached hydrogen (secondary N) is 3. The number of amides is 3. The minimum Gasteiger partial charge on any atom is -0.355 e. The molecular formula is C14H28N4O2. The predicted octanol–water partition coefficient (Wildman–Crippen LogP) is 0.400. The number of urea groups is 1. The number of carbonyl (C=O) groups excluding carboxylic acids is 2. The Labute approximate surface area is 121 Å². The Hall–Kier alpha value is -1.30. The third-order valence-corrected chi connectivity index (χ3v) is 3.42. The van der Waals surface area contributed by atoms with Crippen molar-refractivity contribution >= 4 is 11.9 Å². The number of rotatable bonds is 6. The first kappa shape index (κ1) is 16.8. The lowest BCUT2D eigenvalue weighted by Crippen LogP contribution is -2.49. The van der Waals surface area contributed by atoms with Crippen molar-refractivity contribution in [3.63, 3.8) is 0 Å². The molecule has 1 unspecified atom stereocenters. The summed E-state index contributed by atoms with van der Waals surface area (Å²) in [5.74, 6) is 0.413. The Morgan fingerprint density at radius 1 is 1.25 bits per heavy atom. The number of carbonyl (C=O) groups is 2. The monoisotopic (exact) mass is 284 g/mol. The molecule has 3 N–H and O–H groups in total. The lowest BCUT2D eigenvalue weighted by atomic mass is 9.97. The highest BCUT2D eigenvalue weighted by Crippen LogP contribution is 2.16. The molecule has 1 aliphatic rings. The van der Waals surface area contributed by atoms with E-state index in [4.69, 9.17) is 0 Å². The minimum atomic E-state index is -0.0783. The summed E-state index contributed by atoms with van der Waals surface area (Å²) < 4.78 is 0. The van der Waals surface area contributed by atoms with E-state index in [1.165, 1.54) is 0 Å². The molecule has 1 atom stereocenters. The van der Waals surface area contributed by atoms with Crippen molar-refractivity contribution in [2.45, 2.75) is 26.7 Å². The predicted molar refractivity (Wildman–Crippen MR) is 79.5 cm³/mol. The van der Waals surface area contributed by atoms with Crippen molar-refractivity contribution in [3.05, 3.63) is 0 Å². The second-order valence-corrected chi connectivity index (χ2v) is 5.76. The standard InChI is InChI=1S/C14H28N4O2/c1-11(2)9-17-14(20)18-8-4-5-12(10-18)13(19)16-7-6-15-3/h11-12,15H,4-10H2,1-3H3,(H,16,19)(H,17,20). The molecule has 0 bridgehead atoms. The van der Waals surface area contributed by atoms with Gasteiger partial charge in [0.1, 0.15) is 0 Å². The molecule has 0 saturated carbocycles. The normalized spacial score (nSPS) is 19.0. The number of nitrogens with zero attached hydrogens (tertiary/aromatic N) is 1. The molecule has 6 heteroatoms. The Morgan fingerprint density at radius 2 is 2.00 bits per heavy atom. The third kappa shape index (κ3) is 5.77. The number of hydrogen-bond acceptors (Lipinski definition) is 3. The van der Waals surface area contributed by atoms with Gasteiger partial charge in [0.2, 0.25) is 5.91 Å². The van der Waals surface area contributed by atoms with E-state index in [-0.39, 0.29) is 17.9 Å². The van der Waals surface area contributed by atoms with Crippen LogP contribution in [0.5, 0.6) is 0 Å². The van der Waals surface area contributed by atoms with Crippen molar-refractivity contribution in [1.82, 2.24) is 20.9 Å². The maximum atomic E-state index is 12.0. The van der Waals surface area contributed by atoms with Crippen LogP contribution in [0.25, 0.3) is 0 Å². The van der Waals surface area contributed by atoms with Crippen LogP contribution in [-0.4, -0.2) is 56.6 Å². The first-order valence-electron chi connectivity index (χ1n) is 7.49. The average molecular weight is 284 g/mol. The lowest BCUT2D eigenvalue weighted by molar-refractivity contribution is -0.126. The molecule has 20 heavy (non-hydrogen) atoms. The third-order valence-electron chi connectivity index (χ3n) is 3.42. The molecule has 1 heterocycles. The number of likely N-dealkylation sites (N-methyl/N-ethyl adjacent to an activating group) is 1. The van der Waals surface area contributed by atoms with Gasteiger partial charge in [0.05, 0.1) is 5.92 Å². The van der Waals surface area contributed by atoms with E-state index in [1.54, 1.807) is 4.90 Å². The second kappa shape index (κ2) is 8.79. The van der Waals surface area contributed by atoms with Crippen LogP contribution in [0, 0.1) is 11.8 Å². The van der Waals surface area contributed by atoms with E-state index < -0.39 is 0 Å². The van der Waals surface area contributed by atoms with E-state index in [9.17, 15) is 9.59 Å². The van der Waals surface area contributed by atoms with Gasteiger partial charge in [0.15, 0.2) is 0 Å². The summed E-state index contributed by atoms with van der Waals surface area (Å²) >= 11 is 0. The fraction of sp³-hybridized carbons (Fsp3) is 0.857. The average Bonchev–Trinajstić information content (AvgIpc) is 2.45. The van der Waals surface area contributed by atoms with Crippen LogP contribution in [0.15, 0.2) is 0 Å². The molecular weight excluding hydrogens is 256 g/mol. The largest absolute Gasteiger partial charge is 0.355 e. The first-order chi connectivity index (χ1) is 9.54. The van der Waals surface area contributed by atoms with E-state index in [0.29, 0.717) is 25.6 Å². The minimum absolute atomic E-state index is 0.0496. The first-order valence-corrected chi connectivity index (χ1v) is 7.49. The van der Waals surface area contributed by atoms with Crippen molar-refractivity contribution in [3.8, 4) is 0 Å². The van der Waals surface area contributed by atoms with Gasteiger partial charge in [-0.3, -0.25) is 4.79 Å². The number of piperidine rings is 1.